The van der Waals surface area contributed by atoms with Gasteiger partial charge in [0.15, 0.2) is 0 Å². The molecule has 5 heteroatoms. The topological polar surface area (TPSA) is 78.4 Å². The maximum Gasteiger partial charge on any atom is 0.329 e. The first kappa shape index (κ1) is 14.7. The SMILES string of the molecule is CCC(C)(NC(=O)NCC(C)(C)C)C(=O)O. The number of carbonyl (C=O) groups is 2. The second kappa shape index (κ2) is 5.18. The van der Waals surface area contributed by atoms with Gasteiger partial charge in [0, 0.05) is 6.54 Å². The van der Waals surface area contributed by atoms with Gasteiger partial charge in [0.1, 0.15) is 5.54 Å². The Morgan fingerprint density at radius 1 is 1.19 bits per heavy atom. The van der Waals surface area contributed by atoms with Crippen LogP contribution in [0.25, 0.3) is 0 Å². The number of carbonyl (C=O) groups excluding carboxylic acids is 1. The summed E-state index contributed by atoms with van der Waals surface area (Å²) in [7, 11) is 0. The maximum absolute atomic E-state index is 11.5. The van der Waals surface area contributed by atoms with E-state index in [-0.39, 0.29) is 5.41 Å². The van der Waals surface area contributed by atoms with Crippen molar-refractivity contribution in [1.82, 2.24) is 10.6 Å². The summed E-state index contributed by atoms with van der Waals surface area (Å²) in [6, 6.07) is -0.443. The lowest BCUT2D eigenvalue weighted by atomic mass is 9.97. The second-order valence-electron chi connectivity index (χ2n) is 5.36. The Morgan fingerprint density at radius 3 is 2.00 bits per heavy atom. The molecule has 0 bridgehead atoms. The van der Waals surface area contributed by atoms with Crippen molar-refractivity contribution in [1.29, 1.82) is 0 Å². The summed E-state index contributed by atoms with van der Waals surface area (Å²) in [5.74, 6) is -1.03. The van der Waals surface area contributed by atoms with Gasteiger partial charge in [-0.05, 0) is 18.8 Å². The average molecular weight is 230 g/mol. The van der Waals surface area contributed by atoms with Crippen LogP contribution in [0.2, 0.25) is 0 Å². The molecule has 0 aromatic carbocycles. The second-order valence-corrected chi connectivity index (χ2v) is 5.36. The minimum Gasteiger partial charge on any atom is -0.480 e. The Hall–Kier alpha value is -1.26. The van der Waals surface area contributed by atoms with Gasteiger partial charge in [-0.1, -0.05) is 27.7 Å². The fourth-order valence-electron chi connectivity index (χ4n) is 0.933. The van der Waals surface area contributed by atoms with E-state index in [4.69, 9.17) is 5.11 Å². The highest BCUT2D eigenvalue weighted by Crippen LogP contribution is 2.11. The molecule has 0 saturated heterocycles. The number of hydrogen-bond acceptors (Lipinski definition) is 2. The van der Waals surface area contributed by atoms with Gasteiger partial charge in [0.05, 0.1) is 0 Å². The summed E-state index contributed by atoms with van der Waals surface area (Å²) in [5.41, 5.74) is -1.23. The third-order valence-electron chi connectivity index (χ3n) is 2.35. The van der Waals surface area contributed by atoms with E-state index in [0.29, 0.717) is 13.0 Å². The Labute approximate surface area is 96.6 Å². The van der Waals surface area contributed by atoms with Gasteiger partial charge in [0.2, 0.25) is 0 Å². The van der Waals surface area contributed by atoms with Gasteiger partial charge in [-0.15, -0.1) is 0 Å². The molecule has 1 atom stereocenters. The lowest BCUT2D eigenvalue weighted by molar-refractivity contribution is -0.143. The van der Waals surface area contributed by atoms with Crippen LogP contribution in [0.5, 0.6) is 0 Å². The van der Waals surface area contributed by atoms with E-state index in [9.17, 15) is 9.59 Å². The highest BCUT2D eigenvalue weighted by molar-refractivity contribution is 5.85. The molecule has 94 valence electrons. The number of aliphatic carboxylic acids is 1. The number of nitrogens with one attached hydrogen (secondary N) is 2. The van der Waals surface area contributed by atoms with E-state index in [1.54, 1.807) is 6.92 Å². The standard InChI is InChI=1S/C11H22N2O3/c1-6-11(5,8(14)15)13-9(16)12-7-10(2,3)4/h6-7H2,1-5H3,(H,14,15)(H2,12,13,16). The van der Waals surface area contributed by atoms with E-state index in [0.717, 1.165) is 0 Å². The summed E-state index contributed by atoms with van der Waals surface area (Å²) < 4.78 is 0. The van der Waals surface area contributed by atoms with Crippen LogP contribution in [0, 0.1) is 5.41 Å². The van der Waals surface area contributed by atoms with E-state index in [1.165, 1.54) is 6.92 Å². The highest BCUT2D eigenvalue weighted by atomic mass is 16.4. The van der Waals surface area contributed by atoms with Crippen LogP contribution in [-0.2, 0) is 4.79 Å². The molecule has 1 unspecified atom stereocenters. The minimum absolute atomic E-state index is 0.0246. The normalized spacial score (nSPS) is 15.1. The molecule has 0 rings (SSSR count). The zero-order valence-electron chi connectivity index (χ0n) is 10.7. The monoisotopic (exact) mass is 230 g/mol. The first-order valence-electron chi connectivity index (χ1n) is 5.40. The van der Waals surface area contributed by atoms with E-state index < -0.39 is 17.5 Å². The quantitative estimate of drug-likeness (QED) is 0.686. The smallest absolute Gasteiger partial charge is 0.329 e. The fourth-order valence-corrected chi connectivity index (χ4v) is 0.933. The highest BCUT2D eigenvalue weighted by Gasteiger charge is 2.32. The number of amides is 2. The first-order chi connectivity index (χ1) is 7.10. The Morgan fingerprint density at radius 2 is 1.69 bits per heavy atom. The Balaban J connectivity index is 4.28. The minimum atomic E-state index is -1.21. The van der Waals surface area contributed by atoms with Gasteiger partial charge < -0.3 is 15.7 Å². The maximum atomic E-state index is 11.5. The molecule has 5 nitrogen and oxygen atoms in total. The fraction of sp³-hybridized carbons (Fsp3) is 0.818. The van der Waals surface area contributed by atoms with Crippen molar-refractivity contribution in [2.24, 2.45) is 5.41 Å². The van der Waals surface area contributed by atoms with Crippen LogP contribution in [0.3, 0.4) is 0 Å². The van der Waals surface area contributed by atoms with Crippen LogP contribution in [0.4, 0.5) is 4.79 Å². The van der Waals surface area contributed by atoms with Gasteiger partial charge >= 0.3 is 12.0 Å². The van der Waals surface area contributed by atoms with Crippen molar-refractivity contribution in [3.05, 3.63) is 0 Å². The molecule has 0 spiro atoms. The predicted molar refractivity (Wildman–Crippen MR) is 62.3 cm³/mol. The van der Waals surface area contributed by atoms with E-state index in [2.05, 4.69) is 10.6 Å². The zero-order valence-corrected chi connectivity index (χ0v) is 10.7. The van der Waals surface area contributed by atoms with Crippen LogP contribution < -0.4 is 10.6 Å². The number of urea groups is 1. The van der Waals surface area contributed by atoms with E-state index in [1.807, 2.05) is 20.8 Å². The third kappa shape index (κ3) is 5.00. The average Bonchev–Trinajstić information content (AvgIpc) is 2.13. The van der Waals surface area contributed by atoms with Gasteiger partial charge in [-0.25, -0.2) is 9.59 Å². The largest absolute Gasteiger partial charge is 0.480 e. The molecular formula is C11H22N2O3. The molecule has 0 radical (unpaired) electrons. The molecule has 2 amide bonds. The summed E-state index contributed by atoms with van der Waals surface area (Å²) in [6.07, 6.45) is 0.339. The van der Waals surface area contributed by atoms with Crippen molar-refractivity contribution in [2.75, 3.05) is 6.54 Å². The third-order valence-corrected chi connectivity index (χ3v) is 2.35. The molecule has 16 heavy (non-hydrogen) atoms. The Kier molecular flexibility index (Phi) is 4.78. The number of hydrogen-bond donors (Lipinski definition) is 3. The molecule has 0 aliphatic carbocycles. The lowest BCUT2D eigenvalue weighted by Gasteiger charge is -2.26. The molecule has 0 aliphatic rings. The molecule has 0 fully saturated rings. The number of carboxylic acid groups (broad SMARTS) is 1. The number of carboxylic acids is 1. The first-order valence-corrected chi connectivity index (χ1v) is 5.40. The molecule has 0 saturated carbocycles. The van der Waals surface area contributed by atoms with Gasteiger partial charge in [-0.3, -0.25) is 0 Å². The van der Waals surface area contributed by atoms with Gasteiger partial charge in [0.25, 0.3) is 0 Å². The van der Waals surface area contributed by atoms with Crippen molar-refractivity contribution in [3.63, 3.8) is 0 Å². The van der Waals surface area contributed by atoms with Gasteiger partial charge in [-0.2, -0.15) is 0 Å². The molecular weight excluding hydrogens is 208 g/mol. The summed E-state index contributed by atoms with van der Waals surface area (Å²) in [4.78, 5) is 22.4. The molecule has 0 heterocycles. The summed E-state index contributed by atoms with van der Waals surface area (Å²) >= 11 is 0. The van der Waals surface area contributed by atoms with Crippen LogP contribution >= 0.6 is 0 Å². The van der Waals surface area contributed by atoms with Crippen molar-refractivity contribution < 1.29 is 14.7 Å². The summed E-state index contributed by atoms with van der Waals surface area (Å²) in [5, 5.41) is 14.1. The van der Waals surface area contributed by atoms with Crippen molar-refractivity contribution in [3.8, 4) is 0 Å². The van der Waals surface area contributed by atoms with E-state index >= 15 is 0 Å². The molecule has 0 aromatic rings. The molecule has 3 N–H and O–H groups in total. The van der Waals surface area contributed by atoms with Crippen molar-refractivity contribution in [2.45, 2.75) is 46.6 Å². The Bertz CT molecular complexity index is 271. The predicted octanol–water partition coefficient (Wildman–Crippen LogP) is 1.59. The zero-order chi connectivity index (χ0) is 13.0. The van der Waals surface area contributed by atoms with Crippen LogP contribution in [0.15, 0.2) is 0 Å². The lowest BCUT2D eigenvalue weighted by Crippen LogP contribution is -2.55. The van der Waals surface area contributed by atoms with Crippen molar-refractivity contribution >= 4 is 12.0 Å². The summed E-state index contributed by atoms with van der Waals surface area (Å²) in [6.45, 7) is 9.68. The van der Waals surface area contributed by atoms with Crippen LogP contribution in [-0.4, -0.2) is 29.2 Å². The molecule has 0 aromatic heterocycles. The van der Waals surface area contributed by atoms with Crippen LogP contribution in [0.1, 0.15) is 41.0 Å². The number of rotatable bonds is 4. The molecule has 0 aliphatic heterocycles.